The standard InChI is InChI=1S/C21H16BrClN2O4S2/c1-11-12(2)30-21(24-11)25-17(13-3-5-14(22)6-4-13)19(18(26)20(25)27)31(28,29)16-9-7-15(23)8-10-16/h3-10,17,26H,1-2H3/t17-/m0/s1. The zero-order valence-corrected chi connectivity index (χ0v) is 20.3. The minimum atomic E-state index is -4.22. The van der Waals surface area contributed by atoms with Gasteiger partial charge < -0.3 is 5.11 Å². The highest BCUT2D eigenvalue weighted by Gasteiger charge is 2.48. The van der Waals surface area contributed by atoms with Crippen LogP contribution in [-0.2, 0) is 14.6 Å². The quantitative estimate of drug-likeness (QED) is 0.472. The Morgan fingerprint density at radius 3 is 2.26 bits per heavy atom. The fraction of sp³-hybridized carbons (Fsp3) is 0.143. The topological polar surface area (TPSA) is 87.6 Å². The van der Waals surface area contributed by atoms with Crippen molar-refractivity contribution in [2.24, 2.45) is 0 Å². The molecule has 0 fully saturated rings. The van der Waals surface area contributed by atoms with Crippen molar-refractivity contribution in [3.8, 4) is 0 Å². The van der Waals surface area contributed by atoms with Crippen molar-refractivity contribution in [3.63, 3.8) is 0 Å². The van der Waals surface area contributed by atoms with Crippen LogP contribution in [0.4, 0.5) is 5.13 Å². The Balaban J connectivity index is 1.94. The molecule has 1 aliphatic heterocycles. The number of hydrogen-bond donors (Lipinski definition) is 1. The van der Waals surface area contributed by atoms with E-state index in [9.17, 15) is 18.3 Å². The van der Waals surface area contributed by atoms with Crippen molar-refractivity contribution in [2.75, 3.05) is 4.90 Å². The number of aliphatic hydroxyl groups excluding tert-OH is 1. The maximum Gasteiger partial charge on any atom is 0.296 e. The Labute approximate surface area is 196 Å². The van der Waals surface area contributed by atoms with Gasteiger partial charge in [0.2, 0.25) is 9.84 Å². The molecule has 2 aromatic carbocycles. The number of hydrogen-bond acceptors (Lipinski definition) is 6. The fourth-order valence-electron chi connectivity index (χ4n) is 3.30. The highest BCUT2D eigenvalue weighted by Crippen LogP contribution is 2.46. The zero-order chi connectivity index (χ0) is 22.5. The van der Waals surface area contributed by atoms with Crippen LogP contribution in [0.2, 0.25) is 5.02 Å². The number of sulfone groups is 1. The van der Waals surface area contributed by atoms with E-state index in [2.05, 4.69) is 20.9 Å². The number of nitrogens with zero attached hydrogens (tertiary/aromatic N) is 2. The second-order valence-electron chi connectivity index (χ2n) is 6.94. The Morgan fingerprint density at radius 2 is 1.71 bits per heavy atom. The molecule has 160 valence electrons. The van der Waals surface area contributed by atoms with Gasteiger partial charge in [-0.1, -0.05) is 39.7 Å². The summed E-state index contributed by atoms with van der Waals surface area (Å²) in [6.45, 7) is 3.67. The second kappa shape index (κ2) is 8.05. The smallest absolute Gasteiger partial charge is 0.296 e. The molecule has 3 aromatic rings. The maximum atomic E-state index is 13.5. The average molecular weight is 540 g/mol. The van der Waals surface area contributed by atoms with Crippen LogP contribution in [0.25, 0.3) is 0 Å². The summed E-state index contributed by atoms with van der Waals surface area (Å²) in [5, 5.41) is 11.4. The highest BCUT2D eigenvalue weighted by molar-refractivity contribution is 9.10. The molecule has 0 unspecified atom stereocenters. The summed E-state index contributed by atoms with van der Waals surface area (Å²) in [6.07, 6.45) is 0. The van der Waals surface area contributed by atoms with Gasteiger partial charge >= 0.3 is 0 Å². The summed E-state index contributed by atoms with van der Waals surface area (Å²) in [5.74, 6) is -1.62. The van der Waals surface area contributed by atoms with Gasteiger partial charge in [0.05, 0.1) is 10.6 Å². The Bertz CT molecular complexity index is 1300. The molecule has 1 amide bonds. The summed E-state index contributed by atoms with van der Waals surface area (Å²) >= 11 is 10.5. The number of thiazole rings is 1. The first-order valence-corrected chi connectivity index (χ1v) is 12.5. The Kier molecular flexibility index (Phi) is 5.72. The van der Waals surface area contributed by atoms with Crippen LogP contribution in [0.3, 0.4) is 0 Å². The molecule has 0 bridgehead atoms. The number of rotatable bonds is 4. The normalized spacial score (nSPS) is 17.0. The SMILES string of the molecule is Cc1nc(N2C(=O)C(O)=C(S(=O)(=O)c3ccc(Cl)cc3)[C@@H]2c2ccc(Br)cc2)sc1C. The van der Waals surface area contributed by atoms with Crippen molar-refractivity contribution in [1.82, 2.24) is 4.98 Å². The third-order valence-electron chi connectivity index (χ3n) is 4.98. The van der Waals surface area contributed by atoms with Crippen LogP contribution in [-0.4, -0.2) is 24.4 Å². The summed E-state index contributed by atoms with van der Waals surface area (Å²) in [4.78, 5) is 19.2. The lowest BCUT2D eigenvalue weighted by Crippen LogP contribution is -2.31. The van der Waals surface area contributed by atoms with Crippen LogP contribution in [0.1, 0.15) is 22.2 Å². The molecule has 0 radical (unpaired) electrons. The number of carbonyl (C=O) groups is 1. The third kappa shape index (κ3) is 3.80. The van der Waals surface area contributed by atoms with Crippen LogP contribution >= 0.6 is 38.9 Å². The van der Waals surface area contributed by atoms with Crippen LogP contribution in [0.15, 0.2) is 68.6 Å². The molecule has 31 heavy (non-hydrogen) atoms. The molecular weight excluding hydrogens is 524 g/mol. The minimum Gasteiger partial charge on any atom is -0.502 e. The van der Waals surface area contributed by atoms with E-state index < -0.39 is 27.5 Å². The molecule has 10 heteroatoms. The lowest BCUT2D eigenvalue weighted by Gasteiger charge is -2.24. The highest BCUT2D eigenvalue weighted by atomic mass is 79.9. The molecule has 4 rings (SSSR count). The number of halogens is 2. The van der Waals surface area contributed by atoms with Crippen molar-refractivity contribution in [2.45, 2.75) is 24.8 Å². The number of amides is 1. The van der Waals surface area contributed by atoms with E-state index in [1.54, 1.807) is 24.3 Å². The lowest BCUT2D eigenvalue weighted by molar-refractivity contribution is -0.117. The van der Waals surface area contributed by atoms with Crippen molar-refractivity contribution in [3.05, 3.63) is 84.8 Å². The molecule has 1 atom stereocenters. The number of aryl methyl sites for hydroxylation is 2. The van der Waals surface area contributed by atoms with E-state index in [-0.39, 0.29) is 9.80 Å². The molecule has 0 spiro atoms. The van der Waals surface area contributed by atoms with Gasteiger partial charge in [-0.15, -0.1) is 11.3 Å². The number of anilines is 1. The molecule has 2 heterocycles. The first-order valence-electron chi connectivity index (χ1n) is 9.08. The molecule has 0 saturated heterocycles. The van der Waals surface area contributed by atoms with Gasteiger partial charge in [0, 0.05) is 14.4 Å². The lowest BCUT2D eigenvalue weighted by atomic mass is 10.1. The third-order valence-corrected chi connectivity index (χ3v) is 8.73. The first-order chi connectivity index (χ1) is 14.6. The van der Waals surface area contributed by atoms with Crippen molar-refractivity contribution >= 4 is 59.7 Å². The molecule has 1 aliphatic rings. The zero-order valence-electron chi connectivity index (χ0n) is 16.3. The molecule has 1 aromatic heterocycles. The van der Waals surface area contributed by atoms with E-state index in [4.69, 9.17) is 11.6 Å². The second-order valence-corrected chi connectivity index (χ2v) is 11.4. The van der Waals surface area contributed by atoms with E-state index >= 15 is 0 Å². The van der Waals surface area contributed by atoms with Gasteiger partial charge in [-0.3, -0.25) is 9.69 Å². The van der Waals surface area contributed by atoms with E-state index in [1.807, 2.05) is 13.8 Å². The maximum absolute atomic E-state index is 13.5. The van der Waals surface area contributed by atoms with Crippen molar-refractivity contribution in [1.29, 1.82) is 0 Å². The number of aromatic nitrogens is 1. The summed E-state index contributed by atoms with van der Waals surface area (Å²) in [7, 11) is -4.22. The van der Waals surface area contributed by atoms with Gasteiger partial charge in [0.25, 0.3) is 5.91 Å². The van der Waals surface area contributed by atoms with Gasteiger partial charge in [0.15, 0.2) is 10.9 Å². The number of carbonyl (C=O) groups excluding carboxylic acids is 1. The predicted molar refractivity (Wildman–Crippen MR) is 124 cm³/mol. The molecular formula is C21H16BrClN2O4S2. The van der Waals surface area contributed by atoms with Crippen LogP contribution in [0, 0.1) is 13.8 Å². The summed E-state index contributed by atoms with van der Waals surface area (Å²) in [6, 6.07) is 11.4. The fourth-order valence-corrected chi connectivity index (χ4v) is 6.25. The van der Waals surface area contributed by atoms with E-state index in [0.717, 1.165) is 15.0 Å². The van der Waals surface area contributed by atoms with Crippen molar-refractivity contribution < 1.29 is 18.3 Å². The minimum absolute atomic E-state index is 0.0679. The molecule has 0 saturated carbocycles. The molecule has 0 aliphatic carbocycles. The Morgan fingerprint density at radius 1 is 1.10 bits per heavy atom. The van der Waals surface area contributed by atoms with E-state index in [1.165, 1.54) is 40.5 Å². The van der Waals surface area contributed by atoms with Gasteiger partial charge in [-0.05, 0) is 55.8 Å². The van der Waals surface area contributed by atoms with Gasteiger partial charge in [0.1, 0.15) is 10.9 Å². The van der Waals surface area contributed by atoms with Gasteiger partial charge in [-0.2, -0.15) is 0 Å². The summed E-state index contributed by atoms with van der Waals surface area (Å²) in [5.41, 5.74) is 1.26. The van der Waals surface area contributed by atoms with Gasteiger partial charge in [-0.25, -0.2) is 13.4 Å². The molecule has 1 N–H and O–H groups in total. The summed E-state index contributed by atoms with van der Waals surface area (Å²) < 4.78 is 27.9. The first kappa shape index (κ1) is 22.0. The number of benzene rings is 2. The van der Waals surface area contributed by atoms with Crippen LogP contribution in [0.5, 0.6) is 0 Å². The predicted octanol–water partition coefficient (Wildman–Crippen LogP) is 5.51. The Hall–Kier alpha value is -2.20. The van der Waals surface area contributed by atoms with Crippen LogP contribution < -0.4 is 4.90 Å². The average Bonchev–Trinajstić information content (AvgIpc) is 3.19. The monoisotopic (exact) mass is 538 g/mol. The van der Waals surface area contributed by atoms with E-state index in [0.29, 0.717) is 15.7 Å². The molecule has 6 nitrogen and oxygen atoms in total. The number of aliphatic hydroxyl groups is 1. The largest absolute Gasteiger partial charge is 0.502 e.